The van der Waals surface area contributed by atoms with Gasteiger partial charge in [-0.25, -0.2) is 4.39 Å². The predicted molar refractivity (Wildman–Crippen MR) is 104 cm³/mol. The summed E-state index contributed by atoms with van der Waals surface area (Å²) in [6.07, 6.45) is 2.99. The number of ether oxygens (including phenoxy) is 1. The van der Waals surface area contributed by atoms with Crippen LogP contribution in [0.5, 0.6) is 5.75 Å². The number of carbonyl (C=O) groups is 1. The number of anilines is 1. The first-order chi connectivity index (χ1) is 13.2. The van der Waals surface area contributed by atoms with Gasteiger partial charge in [-0.05, 0) is 36.2 Å². The summed E-state index contributed by atoms with van der Waals surface area (Å²) in [5.74, 6) is -0.146. The van der Waals surface area contributed by atoms with E-state index >= 15 is 0 Å². The molecule has 3 aromatic rings. The molecule has 3 rings (SSSR count). The number of nitrogens with zero attached hydrogens (tertiary/aromatic N) is 2. The first kappa shape index (κ1) is 19.0. The second-order valence-corrected chi connectivity index (χ2v) is 7.03. The largest absolute Gasteiger partial charge is 0.488 e. The standard InChI is InChI=1S/C20H20FN3O2S/c1-2-3-8-18-23-24-20(27-18)22-19(25)16-6-4-5-7-17(16)26-13-14-9-11-15(21)12-10-14/h4-7,9-12H,2-3,8,13H2,1H3,(H,22,24,25). The number of rotatable bonds is 8. The van der Waals surface area contributed by atoms with Crippen molar-refractivity contribution >= 4 is 22.4 Å². The van der Waals surface area contributed by atoms with Gasteiger partial charge in [-0.15, -0.1) is 10.2 Å². The Bertz CT molecular complexity index is 896. The van der Waals surface area contributed by atoms with Crippen molar-refractivity contribution in [1.29, 1.82) is 0 Å². The average molecular weight is 385 g/mol. The highest BCUT2D eigenvalue weighted by atomic mass is 32.1. The molecule has 0 saturated heterocycles. The van der Waals surface area contributed by atoms with Crippen LogP contribution in [0, 0.1) is 5.82 Å². The van der Waals surface area contributed by atoms with Gasteiger partial charge in [0.05, 0.1) is 5.56 Å². The first-order valence-electron chi connectivity index (χ1n) is 8.75. The lowest BCUT2D eigenvalue weighted by atomic mass is 10.2. The van der Waals surface area contributed by atoms with E-state index in [1.54, 1.807) is 36.4 Å². The molecule has 1 heterocycles. The summed E-state index contributed by atoms with van der Waals surface area (Å²) >= 11 is 1.38. The van der Waals surface area contributed by atoms with E-state index in [4.69, 9.17) is 4.74 Å². The van der Waals surface area contributed by atoms with Gasteiger partial charge in [0.2, 0.25) is 5.13 Å². The molecule has 0 atom stereocenters. The highest BCUT2D eigenvalue weighted by Crippen LogP contribution is 2.23. The van der Waals surface area contributed by atoms with Crippen LogP contribution in [0.1, 0.15) is 40.7 Å². The summed E-state index contributed by atoms with van der Waals surface area (Å²) < 4.78 is 18.8. The minimum absolute atomic E-state index is 0.241. The van der Waals surface area contributed by atoms with E-state index in [1.807, 2.05) is 0 Å². The van der Waals surface area contributed by atoms with Crippen molar-refractivity contribution in [3.05, 3.63) is 70.5 Å². The van der Waals surface area contributed by atoms with Gasteiger partial charge in [0.1, 0.15) is 23.2 Å². The number of aromatic nitrogens is 2. The molecule has 0 aliphatic heterocycles. The highest BCUT2D eigenvalue weighted by molar-refractivity contribution is 7.15. The van der Waals surface area contributed by atoms with Crippen molar-refractivity contribution in [1.82, 2.24) is 10.2 Å². The summed E-state index contributed by atoms with van der Waals surface area (Å²) in [5.41, 5.74) is 1.22. The first-order valence-corrected chi connectivity index (χ1v) is 9.57. The molecule has 0 radical (unpaired) electrons. The minimum Gasteiger partial charge on any atom is -0.488 e. The van der Waals surface area contributed by atoms with E-state index < -0.39 is 0 Å². The lowest BCUT2D eigenvalue weighted by molar-refractivity contribution is 0.102. The Balaban J connectivity index is 1.66. The average Bonchev–Trinajstić information content (AvgIpc) is 3.13. The summed E-state index contributed by atoms with van der Waals surface area (Å²) in [6, 6.07) is 13.0. The van der Waals surface area contributed by atoms with Crippen LogP contribution in [0.15, 0.2) is 48.5 Å². The van der Waals surface area contributed by atoms with Crippen LogP contribution in [0.3, 0.4) is 0 Å². The fourth-order valence-corrected chi connectivity index (χ4v) is 3.20. The maximum atomic E-state index is 13.0. The SMILES string of the molecule is CCCCc1nnc(NC(=O)c2ccccc2OCc2ccc(F)cc2)s1. The molecule has 0 aliphatic carbocycles. The van der Waals surface area contributed by atoms with Gasteiger partial charge in [-0.3, -0.25) is 10.1 Å². The third-order valence-electron chi connectivity index (χ3n) is 3.87. The number of benzene rings is 2. The highest BCUT2D eigenvalue weighted by Gasteiger charge is 2.15. The second kappa shape index (κ2) is 9.23. The maximum absolute atomic E-state index is 13.0. The summed E-state index contributed by atoms with van der Waals surface area (Å²) in [4.78, 5) is 12.6. The zero-order valence-corrected chi connectivity index (χ0v) is 15.8. The molecule has 0 fully saturated rings. The van der Waals surface area contributed by atoms with E-state index in [1.165, 1.54) is 23.5 Å². The molecular weight excluding hydrogens is 365 g/mol. The van der Waals surface area contributed by atoms with Crippen LogP contribution in [0.4, 0.5) is 9.52 Å². The molecule has 0 unspecified atom stereocenters. The van der Waals surface area contributed by atoms with Crippen molar-refractivity contribution in [2.24, 2.45) is 0 Å². The molecule has 0 saturated carbocycles. The molecule has 2 aromatic carbocycles. The smallest absolute Gasteiger partial charge is 0.261 e. The second-order valence-electron chi connectivity index (χ2n) is 5.97. The molecule has 1 aromatic heterocycles. The molecule has 140 valence electrons. The van der Waals surface area contributed by atoms with Crippen molar-refractivity contribution < 1.29 is 13.9 Å². The van der Waals surface area contributed by atoms with Gasteiger partial charge in [0.25, 0.3) is 5.91 Å². The van der Waals surface area contributed by atoms with Crippen LogP contribution < -0.4 is 10.1 Å². The Morgan fingerprint density at radius 2 is 1.93 bits per heavy atom. The summed E-state index contributed by atoms with van der Waals surface area (Å²) in [7, 11) is 0. The molecule has 0 aliphatic rings. The van der Waals surface area contributed by atoms with Crippen LogP contribution in [-0.2, 0) is 13.0 Å². The van der Waals surface area contributed by atoms with Gasteiger partial charge in [0.15, 0.2) is 0 Å². The van der Waals surface area contributed by atoms with Crippen molar-refractivity contribution in [3.8, 4) is 5.75 Å². The number of unbranched alkanes of at least 4 members (excludes halogenated alkanes) is 1. The monoisotopic (exact) mass is 385 g/mol. The fraction of sp³-hybridized carbons (Fsp3) is 0.250. The number of amides is 1. The van der Waals surface area contributed by atoms with Crippen LogP contribution in [-0.4, -0.2) is 16.1 Å². The van der Waals surface area contributed by atoms with Crippen molar-refractivity contribution in [2.75, 3.05) is 5.32 Å². The number of halogens is 1. The number of aryl methyl sites for hydroxylation is 1. The lowest BCUT2D eigenvalue weighted by Crippen LogP contribution is -2.13. The van der Waals surface area contributed by atoms with Crippen molar-refractivity contribution in [3.63, 3.8) is 0 Å². The number of hydrogen-bond donors (Lipinski definition) is 1. The van der Waals surface area contributed by atoms with E-state index in [9.17, 15) is 9.18 Å². The normalized spacial score (nSPS) is 10.6. The van der Waals surface area contributed by atoms with E-state index in [0.29, 0.717) is 16.4 Å². The van der Waals surface area contributed by atoms with E-state index in [-0.39, 0.29) is 18.3 Å². The Morgan fingerprint density at radius 3 is 2.70 bits per heavy atom. The number of hydrogen-bond acceptors (Lipinski definition) is 5. The maximum Gasteiger partial charge on any atom is 0.261 e. The Hall–Kier alpha value is -2.80. The zero-order chi connectivity index (χ0) is 19.1. The molecule has 27 heavy (non-hydrogen) atoms. The molecule has 7 heteroatoms. The van der Waals surface area contributed by atoms with E-state index in [0.717, 1.165) is 29.8 Å². The third kappa shape index (κ3) is 5.34. The topological polar surface area (TPSA) is 64.1 Å². The predicted octanol–water partition coefficient (Wildman–Crippen LogP) is 4.85. The van der Waals surface area contributed by atoms with Crippen LogP contribution in [0.2, 0.25) is 0 Å². The van der Waals surface area contributed by atoms with Crippen LogP contribution in [0.25, 0.3) is 0 Å². The van der Waals surface area contributed by atoms with Crippen molar-refractivity contribution in [2.45, 2.75) is 32.8 Å². The van der Waals surface area contributed by atoms with E-state index in [2.05, 4.69) is 22.4 Å². The van der Waals surface area contributed by atoms with Gasteiger partial charge >= 0.3 is 0 Å². The van der Waals surface area contributed by atoms with Gasteiger partial charge in [0, 0.05) is 6.42 Å². The molecule has 1 amide bonds. The summed E-state index contributed by atoms with van der Waals surface area (Å²) in [6.45, 7) is 2.36. The quantitative estimate of drug-likeness (QED) is 0.602. The zero-order valence-electron chi connectivity index (χ0n) is 14.9. The molecule has 1 N–H and O–H groups in total. The summed E-state index contributed by atoms with van der Waals surface area (Å²) in [5, 5.41) is 12.3. The Morgan fingerprint density at radius 1 is 1.15 bits per heavy atom. The Labute approximate surface area is 161 Å². The third-order valence-corrected chi connectivity index (χ3v) is 4.77. The molecule has 5 nitrogen and oxygen atoms in total. The lowest BCUT2D eigenvalue weighted by Gasteiger charge is -2.11. The molecule has 0 bridgehead atoms. The van der Waals surface area contributed by atoms with Crippen LogP contribution >= 0.6 is 11.3 Å². The van der Waals surface area contributed by atoms with Gasteiger partial charge < -0.3 is 4.74 Å². The Kier molecular flexibility index (Phi) is 6.49. The number of carbonyl (C=O) groups excluding carboxylic acids is 1. The molecular formula is C20H20FN3O2S. The fourth-order valence-electron chi connectivity index (χ4n) is 2.42. The number of nitrogens with one attached hydrogen (secondary N) is 1. The minimum atomic E-state index is -0.303. The number of para-hydroxylation sites is 1. The van der Waals surface area contributed by atoms with Gasteiger partial charge in [-0.2, -0.15) is 0 Å². The van der Waals surface area contributed by atoms with Gasteiger partial charge in [-0.1, -0.05) is 48.9 Å². The molecule has 0 spiro atoms.